The number of thiazole rings is 1. The van der Waals surface area contributed by atoms with Crippen LogP contribution < -0.4 is 11.1 Å². The van der Waals surface area contributed by atoms with E-state index in [0.717, 1.165) is 16.2 Å². The Morgan fingerprint density at radius 3 is 2.94 bits per heavy atom. The number of carboxylic acid groups (broad SMARTS) is 1. The molecule has 2 aromatic rings. The maximum atomic E-state index is 12.8. The topological polar surface area (TPSA) is 182 Å². The lowest BCUT2D eigenvalue weighted by Crippen LogP contribution is -2.73. The molecular formula is C16H15N7O6S3. The number of anilines is 1. The summed E-state index contributed by atoms with van der Waals surface area (Å²) < 4.78 is 6.29. The van der Waals surface area contributed by atoms with Gasteiger partial charge in [0.1, 0.15) is 42.8 Å². The molecule has 1 fully saturated rings. The van der Waals surface area contributed by atoms with Crippen LogP contribution in [-0.4, -0.2) is 80.2 Å². The summed E-state index contributed by atoms with van der Waals surface area (Å²) in [6.45, 7) is 0.0138. The Kier molecular flexibility index (Phi) is 6.24. The second-order valence-electron chi connectivity index (χ2n) is 6.30. The Morgan fingerprint density at radius 2 is 2.31 bits per heavy atom. The van der Waals surface area contributed by atoms with Crippen molar-refractivity contribution >= 4 is 63.1 Å². The monoisotopic (exact) mass is 497 g/mol. The fourth-order valence-electron chi connectivity index (χ4n) is 3.13. The van der Waals surface area contributed by atoms with E-state index in [9.17, 15) is 19.5 Å². The molecule has 13 nitrogen and oxygen atoms in total. The molecule has 0 unspecified atom stereocenters. The number of rotatable bonds is 8. The first-order valence-electron chi connectivity index (χ1n) is 8.85. The lowest BCUT2D eigenvalue weighted by molar-refractivity contribution is -0.160. The second kappa shape index (κ2) is 9.09. The van der Waals surface area contributed by atoms with Crippen molar-refractivity contribution in [3.8, 4) is 0 Å². The minimum atomic E-state index is -1.31. The smallest absolute Gasteiger partial charge is 0.356 e. The molecule has 0 aliphatic carbocycles. The highest BCUT2D eigenvalue weighted by molar-refractivity contribution is 8.01. The van der Waals surface area contributed by atoms with E-state index in [0.29, 0.717) is 4.34 Å². The van der Waals surface area contributed by atoms with Gasteiger partial charge in [-0.3, -0.25) is 14.5 Å². The normalized spacial score (nSPS) is 20.3. The summed E-state index contributed by atoms with van der Waals surface area (Å²) in [6, 6.07) is -1.68. The van der Waals surface area contributed by atoms with Gasteiger partial charge in [-0.05, 0) is 0 Å². The zero-order valence-electron chi connectivity index (χ0n) is 16.3. The van der Waals surface area contributed by atoms with Crippen LogP contribution in [0.5, 0.6) is 0 Å². The highest BCUT2D eigenvalue weighted by Gasteiger charge is 2.55. The lowest BCUT2D eigenvalue weighted by atomic mass is 9.92. The number of nitrogens with one attached hydrogen (secondary N) is 1. The van der Waals surface area contributed by atoms with Crippen LogP contribution in [0.3, 0.4) is 0 Å². The first kappa shape index (κ1) is 22.0. The van der Waals surface area contributed by atoms with Gasteiger partial charge in [-0.25, -0.2) is 9.78 Å². The van der Waals surface area contributed by atoms with Crippen molar-refractivity contribution in [3.05, 3.63) is 28.0 Å². The molecule has 2 aliphatic rings. The SMILES string of the molecule is CO/N=C(\C(=O)N[C@@H]1C(=O)N2C(C(=O)O)=C(CSc3nncs3)OC[C@H]12)c1csc(N)n1. The molecule has 1 saturated heterocycles. The molecule has 0 aromatic carbocycles. The van der Waals surface area contributed by atoms with Crippen LogP contribution in [0.4, 0.5) is 5.13 Å². The second-order valence-corrected chi connectivity index (χ2v) is 9.25. The molecule has 0 radical (unpaired) electrons. The number of nitrogens with zero attached hydrogens (tertiary/aromatic N) is 5. The van der Waals surface area contributed by atoms with Gasteiger partial charge < -0.3 is 25.7 Å². The fourth-order valence-corrected chi connectivity index (χ4v) is 5.11. The van der Waals surface area contributed by atoms with Crippen LogP contribution in [0.2, 0.25) is 0 Å². The van der Waals surface area contributed by atoms with Crippen LogP contribution >= 0.6 is 34.4 Å². The number of hydrogen-bond acceptors (Lipinski definition) is 13. The molecule has 4 rings (SSSR count). The first-order valence-corrected chi connectivity index (χ1v) is 11.6. The number of carbonyl (C=O) groups excluding carboxylic acids is 2. The predicted octanol–water partition coefficient (Wildman–Crippen LogP) is -0.258. The quantitative estimate of drug-likeness (QED) is 0.189. The minimum Gasteiger partial charge on any atom is -0.492 e. The number of aromatic nitrogens is 3. The zero-order chi connectivity index (χ0) is 22.8. The van der Waals surface area contributed by atoms with Crippen molar-refractivity contribution in [2.75, 3.05) is 25.2 Å². The van der Waals surface area contributed by atoms with E-state index in [1.54, 1.807) is 5.51 Å². The van der Waals surface area contributed by atoms with Crippen LogP contribution in [0.1, 0.15) is 5.69 Å². The standard InChI is InChI=1S/C16H15N7O6S3/c1-28-22-9(6-3-30-15(17)19-6)12(24)20-10-7-2-29-8(4-31-16-21-18-5-32-16)11(14(26)27)23(7)13(10)25/h3,5,7,10H,2,4H2,1H3,(H2,17,19)(H,20,24)(H,26,27)/b22-9-/t7-,10+/m1/s1. The maximum Gasteiger partial charge on any atom is 0.356 e. The number of ether oxygens (including phenoxy) is 1. The molecule has 0 spiro atoms. The number of carboxylic acids is 1. The van der Waals surface area contributed by atoms with Gasteiger partial charge in [0.05, 0.1) is 5.75 Å². The molecule has 32 heavy (non-hydrogen) atoms. The third kappa shape index (κ3) is 4.11. The largest absolute Gasteiger partial charge is 0.492 e. The Labute approximate surface area is 192 Å². The summed E-state index contributed by atoms with van der Waals surface area (Å²) in [6.07, 6.45) is 0. The molecule has 2 aromatic heterocycles. The molecule has 0 bridgehead atoms. The zero-order valence-corrected chi connectivity index (χ0v) is 18.7. The summed E-state index contributed by atoms with van der Waals surface area (Å²) in [5.74, 6) is -2.28. The number of nitrogens with two attached hydrogens (primary N) is 1. The Hall–Kier alpha value is -3.24. The number of nitrogen functional groups attached to an aromatic ring is 1. The van der Waals surface area contributed by atoms with Crippen molar-refractivity contribution in [1.29, 1.82) is 0 Å². The van der Waals surface area contributed by atoms with Gasteiger partial charge in [-0.2, -0.15) is 0 Å². The number of aliphatic carboxylic acids is 1. The molecule has 2 aliphatic heterocycles. The van der Waals surface area contributed by atoms with Crippen LogP contribution in [0.15, 0.2) is 31.8 Å². The van der Waals surface area contributed by atoms with Crippen LogP contribution in [0, 0.1) is 0 Å². The number of hydrogen-bond donors (Lipinski definition) is 3. The number of amides is 2. The van der Waals surface area contributed by atoms with Crippen molar-refractivity contribution in [3.63, 3.8) is 0 Å². The minimum absolute atomic E-state index is 0.0138. The van der Waals surface area contributed by atoms with E-state index in [4.69, 9.17) is 15.3 Å². The van der Waals surface area contributed by atoms with Crippen LogP contribution in [-0.2, 0) is 24.0 Å². The summed E-state index contributed by atoms with van der Waals surface area (Å²) in [5, 5.41) is 25.3. The molecule has 168 valence electrons. The molecule has 4 N–H and O–H groups in total. The Balaban J connectivity index is 1.49. The van der Waals surface area contributed by atoms with Crippen molar-refractivity contribution in [2.24, 2.45) is 5.16 Å². The average molecular weight is 498 g/mol. The third-order valence-corrected chi connectivity index (χ3v) is 7.01. The summed E-state index contributed by atoms with van der Waals surface area (Å²) >= 11 is 3.67. The van der Waals surface area contributed by atoms with E-state index in [2.05, 4.69) is 25.7 Å². The average Bonchev–Trinajstić information content (AvgIpc) is 3.45. The molecule has 2 atom stereocenters. The molecule has 2 amide bonds. The number of fused-ring (bicyclic) bond motifs is 1. The van der Waals surface area contributed by atoms with Gasteiger partial charge in [0.2, 0.25) is 0 Å². The third-order valence-electron chi connectivity index (χ3n) is 4.47. The highest BCUT2D eigenvalue weighted by Crippen LogP contribution is 2.35. The van der Waals surface area contributed by atoms with Crippen molar-refractivity contribution in [2.45, 2.75) is 16.4 Å². The molecular weight excluding hydrogens is 482 g/mol. The number of β-lactam (4-membered cyclic amide) rings is 1. The van der Waals surface area contributed by atoms with E-state index < -0.39 is 29.9 Å². The lowest BCUT2D eigenvalue weighted by Gasteiger charge is -2.49. The molecule has 4 heterocycles. The summed E-state index contributed by atoms with van der Waals surface area (Å²) in [7, 11) is 1.26. The van der Waals surface area contributed by atoms with Crippen molar-refractivity contribution in [1.82, 2.24) is 25.4 Å². The van der Waals surface area contributed by atoms with Gasteiger partial charge in [0, 0.05) is 5.38 Å². The maximum absolute atomic E-state index is 12.8. The van der Waals surface area contributed by atoms with Gasteiger partial charge >= 0.3 is 5.97 Å². The summed E-state index contributed by atoms with van der Waals surface area (Å²) in [4.78, 5) is 47.2. The molecule has 16 heteroatoms. The van der Waals surface area contributed by atoms with Gasteiger partial charge in [-0.15, -0.1) is 21.5 Å². The van der Waals surface area contributed by atoms with Crippen LogP contribution in [0.25, 0.3) is 0 Å². The number of carbonyl (C=O) groups is 3. The number of thioether (sulfide) groups is 1. The summed E-state index contributed by atoms with van der Waals surface area (Å²) in [5.41, 5.74) is 6.94. The van der Waals surface area contributed by atoms with E-state index in [-0.39, 0.29) is 40.4 Å². The highest BCUT2D eigenvalue weighted by atomic mass is 32.2. The van der Waals surface area contributed by atoms with E-state index in [1.165, 1.54) is 35.6 Å². The predicted molar refractivity (Wildman–Crippen MR) is 114 cm³/mol. The fraction of sp³-hybridized carbons (Fsp3) is 0.312. The van der Waals surface area contributed by atoms with Gasteiger partial charge in [0.25, 0.3) is 11.8 Å². The molecule has 0 saturated carbocycles. The van der Waals surface area contributed by atoms with E-state index in [1.807, 2.05) is 0 Å². The van der Waals surface area contributed by atoms with E-state index >= 15 is 0 Å². The number of oxime groups is 1. The Bertz CT molecular complexity index is 1120. The first-order chi connectivity index (χ1) is 15.4. The van der Waals surface area contributed by atoms with Crippen molar-refractivity contribution < 1.29 is 29.1 Å². The van der Waals surface area contributed by atoms with Gasteiger partial charge in [0.15, 0.2) is 20.9 Å². The Morgan fingerprint density at radius 1 is 1.50 bits per heavy atom. The van der Waals surface area contributed by atoms with Gasteiger partial charge in [-0.1, -0.05) is 28.3 Å².